The first kappa shape index (κ1) is 13.7. The predicted molar refractivity (Wildman–Crippen MR) is 74.7 cm³/mol. The Kier molecular flexibility index (Phi) is 4.47. The zero-order chi connectivity index (χ0) is 12.4. The molecule has 3 nitrogen and oxygen atoms in total. The molecule has 2 atom stereocenters. The molecule has 1 N–H and O–H groups in total. The van der Waals surface area contributed by atoms with Crippen molar-refractivity contribution in [3.8, 4) is 0 Å². The van der Waals surface area contributed by atoms with Crippen molar-refractivity contribution >= 4 is 18.3 Å². The maximum absolute atomic E-state index is 10.6. The van der Waals surface area contributed by atoms with Crippen LogP contribution in [0.4, 0.5) is 0 Å². The molecule has 0 aliphatic carbocycles. The second-order valence-corrected chi connectivity index (χ2v) is 12.8. The van der Waals surface area contributed by atoms with Gasteiger partial charge in [0, 0.05) is 18.1 Å². The maximum atomic E-state index is 10.6. The molecule has 0 amide bonds. The van der Waals surface area contributed by atoms with Crippen LogP contribution in [0.1, 0.15) is 38.5 Å². The Balaban J connectivity index is 2.06. The van der Waals surface area contributed by atoms with E-state index in [9.17, 15) is 5.11 Å². The lowest BCUT2D eigenvalue weighted by molar-refractivity contribution is -0.169. The standard InChI is InChI=1S/C12H26O3Si2/c1-17(2)12(8-4-6-10-15-12)16-11(13)7-3-5-9-14-11/h13,17H,3-10,16H2,1-2H3. The largest absolute Gasteiger partial charge is 0.383 e. The molecular weight excluding hydrogens is 248 g/mol. The molecular formula is C12H26O3Si2. The highest BCUT2D eigenvalue weighted by Gasteiger charge is 2.46. The van der Waals surface area contributed by atoms with Crippen LogP contribution >= 0.6 is 0 Å². The highest BCUT2D eigenvalue weighted by Crippen LogP contribution is 2.33. The van der Waals surface area contributed by atoms with E-state index in [1.54, 1.807) is 0 Å². The van der Waals surface area contributed by atoms with E-state index in [2.05, 4.69) is 13.1 Å². The first-order valence-electron chi connectivity index (χ1n) is 7.07. The molecule has 0 radical (unpaired) electrons. The van der Waals surface area contributed by atoms with Gasteiger partial charge in [-0.05, 0) is 38.5 Å². The lowest BCUT2D eigenvalue weighted by Crippen LogP contribution is -2.61. The van der Waals surface area contributed by atoms with E-state index in [0.717, 1.165) is 32.5 Å². The van der Waals surface area contributed by atoms with Crippen LogP contribution in [0.3, 0.4) is 0 Å². The van der Waals surface area contributed by atoms with E-state index >= 15 is 0 Å². The third-order valence-corrected chi connectivity index (χ3v) is 12.2. The summed E-state index contributed by atoms with van der Waals surface area (Å²) in [4.78, 5) is 0.102. The summed E-state index contributed by atoms with van der Waals surface area (Å²) in [6.07, 6.45) is 6.69. The third kappa shape index (κ3) is 3.20. The minimum atomic E-state index is -0.903. The Morgan fingerprint density at radius 3 is 2.12 bits per heavy atom. The summed E-state index contributed by atoms with van der Waals surface area (Å²) in [5.41, 5.74) is -0.771. The lowest BCUT2D eigenvalue weighted by atomic mass is 10.2. The fourth-order valence-corrected chi connectivity index (χ4v) is 9.22. The molecule has 2 aliphatic rings. The van der Waals surface area contributed by atoms with E-state index in [1.807, 2.05) is 0 Å². The second-order valence-electron chi connectivity index (χ2n) is 5.95. The van der Waals surface area contributed by atoms with Gasteiger partial charge in [0.1, 0.15) is 14.9 Å². The minimum absolute atomic E-state index is 0.102. The fourth-order valence-electron chi connectivity index (χ4n) is 3.12. The lowest BCUT2D eigenvalue weighted by Gasteiger charge is -2.45. The van der Waals surface area contributed by atoms with Gasteiger partial charge in [0.15, 0.2) is 0 Å². The Labute approximate surface area is 108 Å². The average Bonchev–Trinajstić information content (AvgIpc) is 2.30. The number of hydrogen-bond donors (Lipinski definition) is 1. The molecule has 2 rings (SSSR count). The van der Waals surface area contributed by atoms with Gasteiger partial charge in [-0.1, -0.05) is 13.1 Å². The highest BCUT2D eigenvalue weighted by atomic mass is 28.3. The minimum Gasteiger partial charge on any atom is -0.383 e. The van der Waals surface area contributed by atoms with Crippen LogP contribution in [0, 0.1) is 0 Å². The summed E-state index contributed by atoms with van der Waals surface area (Å²) >= 11 is 0. The zero-order valence-corrected chi connectivity index (χ0v) is 13.8. The number of ether oxygens (including phenoxy) is 2. The maximum Gasteiger partial charge on any atom is 0.144 e. The van der Waals surface area contributed by atoms with Crippen molar-refractivity contribution in [3.05, 3.63) is 0 Å². The second kappa shape index (κ2) is 5.53. The molecule has 17 heavy (non-hydrogen) atoms. The van der Waals surface area contributed by atoms with E-state index in [4.69, 9.17) is 9.47 Å². The van der Waals surface area contributed by atoms with Gasteiger partial charge in [-0.25, -0.2) is 0 Å². The van der Waals surface area contributed by atoms with E-state index in [0.29, 0.717) is 0 Å². The van der Waals surface area contributed by atoms with Gasteiger partial charge in [0.25, 0.3) is 0 Å². The molecule has 0 saturated carbocycles. The Bertz CT molecular complexity index is 246. The predicted octanol–water partition coefficient (Wildman–Crippen LogP) is 0.924. The smallest absolute Gasteiger partial charge is 0.144 e. The third-order valence-electron chi connectivity index (χ3n) is 4.34. The van der Waals surface area contributed by atoms with Gasteiger partial charge >= 0.3 is 0 Å². The number of rotatable bonds is 3. The van der Waals surface area contributed by atoms with Crippen LogP contribution in [0.5, 0.6) is 0 Å². The number of hydrogen-bond acceptors (Lipinski definition) is 3. The monoisotopic (exact) mass is 274 g/mol. The molecule has 0 bridgehead atoms. The summed E-state index contributed by atoms with van der Waals surface area (Å²) in [7, 11) is -1.66. The van der Waals surface area contributed by atoms with Crippen LogP contribution in [-0.4, -0.2) is 46.9 Å². The van der Waals surface area contributed by atoms with Crippen LogP contribution in [-0.2, 0) is 9.47 Å². The van der Waals surface area contributed by atoms with Crippen molar-refractivity contribution in [2.24, 2.45) is 0 Å². The first-order chi connectivity index (χ1) is 8.06. The Morgan fingerprint density at radius 1 is 1.00 bits per heavy atom. The highest BCUT2D eigenvalue weighted by molar-refractivity contribution is 6.73. The molecule has 0 aromatic carbocycles. The summed E-state index contributed by atoms with van der Waals surface area (Å²) in [6, 6.07) is 0. The molecule has 0 spiro atoms. The number of aliphatic hydroxyl groups is 1. The van der Waals surface area contributed by atoms with Crippen molar-refractivity contribution in [2.75, 3.05) is 13.2 Å². The quantitative estimate of drug-likeness (QED) is 0.778. The SMILES string of the molecule is C[SiH](C)C1([SiH2]C2(O)CCCCO2)CCCCO1. The molecule has 100 valence electrons. The normalized spacial score (nSPS) is 40.2. The van der Waals surface area contributed by atoms with Crippen LogP contribution in [0.15, 0.2) is 0 Å². The van der Waals surface area contributed by atoms with Crippen molar-refractivity contribution in [3.63, 3.8) is 0 Å². The molecule has 2 heterocycles. The van der Waals surface area contributed by atoms with Gasteiger partial charge in [-0.2, -0.15) is 0 Å². The van der Waals surface area contributed by atoms with Gasteiger partial charge < -0.3 is 14.6 Å². The topological polar surface area (TPSA) is 38.7 Å². The fraction of sp³-hybridized carbons (Fsp3) is 1.00. The van der Waals surface area contributed by atoms with Crippen LogP contribution < -0.4 is 0 Å². The first-order valence-corrected chi connectivity index (χ1v) is 11.4. The van der Waals surface area contributed by atoms with Crippen molar-refractivity contribution in [2.45, 2.75) is 61.9 Å². The van der Waals surface area contributed by atoms with Crippen molar-refractivity contribution in [1.82, 2.24) is 0 Å². The van der Waals surface area contributed by atoms with Gasteiger partial charge in [-0.3, -0.25) is 0 Å². The van der Waals surface area contributed by atoms with Crippen LogP contribution in [0.2, 0.25) is 13.1 Å². The summed E-state index contributed by atoms with van der Waals surface area (Å²) < 4.78 is 11.9. The Morgan fingerprint density at radius 2 is 1.65 bits per heavy atom. The van der Waals surface area contributed by atoms with Crippen molar-refractivity contribution < 1.29 is 14.6 Å². The van der Waals surface area contributed by atoms with Gasteiger partial charge in [0.2, 0.25) is 0 Å². The van der Waals surface area contributed by atoms with E-state index in [1.165, 1.54) is 19.3 Å². The van der Waals surface area contributed by atoms with Gasteiger partial charge in [-0.15, -0.1) is 0 Å². The summed E-state index contributed by atoms with van der Waals surface area (Å²) in [5.74, 6) is 0. The molecule has 2 fully saturated rings. The van der Waals surface area contributed by atoms with E-state index < -0.39 is 23.7 Å². The molecule has 0 aromatic rings. The molecule has 2 unspecified atom stereocenters. The molecule has 2 saturated heterocycles. The molecule has 2 aliphatic heterocycles. The van der Waals surface area contributed by atoms with Crippen molar-refractivity contribution in [1.29, 1.82) is 0 Å². The Hall–Kier alpha value is 0.314. The summed E-state index contributed by atoms with van der Waals surface area (Å²) in [6.45, 7) is 6.36. The summed E-state index contributed by atoms with van der Waals surface area (Å²) in [5, 5.41) is 10.6. The molecule has 0 aromatic heterocycles. The molecule has 5 heteroatoms. The van der Waals surface area contributed by atoms with E-state index in [-0.39, 0.29) is 4.85 Å². The average molecular weight is 275 g/mol. The zero-order valence-electron chi connectivity index (χ0n) is 11.2. The van der Waals surface area contributed by atoms with Gasteiger partial charge in [0.05, 0.1) is 8.80 Å². The van der Waals surface area contributed by atoms with Crippen LogP contribution in [0.25, 0.3) is 0 Å².